The Kier molecular flexibility index (Phi) is 7.91. The molecule has 0 aliphatic carbocycles. The van der Waals surface area contributed by atoms with Crippen molar-refractivity contribution in [3.05, 3.63) is 29.8 Å². The highest BCUT2D eigenvalue weighted by atomic mass is 16.5. The van der Waals surface area contributed by atoms with Crippen molar-refractivity contribution in [1.29, 1.82) is 0 Å². The van der Waals surface area contributed by atoms with E-state index in [-0.39, 0.29) is 0 Å². The number of aryl methyl sites for hydroxylation is 1. The first-order valence-electron chi connectivity index (χ1n) is 8.41. The third-order valence-electron chi connectivity index (χ3n) is 4.02. The zero-order valence-electron chi connectivity index (χ0n) is 14.9. The van der Waals surface area contributed by atoms with Gasteiger partial charge in [-0.2, -0.15) is 0 Å². The fourth-order valence-corrected chi connectivity index (χ4v) is 2.67. The molecule has 0 saturated carbocycles. The Morgan fingerprint density at radius 2 is 1.68 bits per heavy atom. The standard InChI is InChI=1S/C19H33NO2/c1-15(7-6-14-19(3,4)21)20-16(2)8-9-17-10-12-18(22-5)13-11-17/h10-13,15-16,20-21H,6-9,14H2,1-5H3. The van der Waals surface area contributed by atoms with Crippen molar-refractivity contribution in [2.75, 3.05) is 7.11 Å². The van der Waals surface area contributed by atoms with Crippen molar-refractivity contribution in [3.8, 4) is 5.75 Å². The van der Waals surface area contributed by atoms with Gasteiger partial charge in [-0.1, -0.05) is 12.1 Å². The topological polar surface area (TPSA) is 41.5 Å². The lowest BCUT2D eigenvalue weighted by molar-refractivity contribution is 0.0674. The van der Waals surface area contributed by atoms with Crippen LogP contribution in [0.1, 0.15) is 58.9 Å². The molecule has 1 aromatic carbocycles. The minimum atomic E-state index is -0.542. The van der Waals surface area contributed by atoms with E-state index >= 15 is 0 Å². The molecule has 0 aliphatic rings. The molecule has 3 nitrogen and oxygen atoms in total. The summed E-state index contributed by atoms with van der Waals surface area (Å²) in [4.78, 5) is 0. The highest BCUT2D eigenvalue weighted by molar-refractivity contribution is 5.27. The van der Waals surface area contributed by atoms with Crippen LogP contribution in [-0.2, 0) is 6.42 Å². The molecule has 22 heavy (non-hydrogen) atoms. The fraction of sp³-hybridized carbons (Fsp3) is 0.684. The molecular formula is C19H33NO2. The van der Waals surface area contributed by atoms with E-state index in [2.05, 4.69) is 31.3 Å². The monoisotopic (exact) mass is 307 g/mol. The summed E-state index contributed by atoms with van der Waals surface area (Å²) in [6.45, 7) is 8.23. The van der Waals surface area contributed by atoms with Crippen LogP contribution in [0, 0.1) is 0 Å². The molecule has 3 heteroatoms. The smallest absolute Gasteiger partial charge is 0.118 e. The number of nitrogens with one attached hydrogen (secondary N) is 1. The Labute approximate surface area is 136 Å². The van der Waals surface area contributed by atoms with E-state index in [1.54, 1.807) is 7.11 Å². The van der Waals surface area contributed by atoms with Crippen molar-refractivity contribution in [1.82, 2.24) is 5.32 Å². The van der Waals surface area contributed by atoms with Crippen LogP contribution in [0.4, 0.5) is 0 Å². The summed E-state index contributed by atoms with van der Waals surface area (Å²) in [5.41, 5.74) is 0.809. The highest BCUT2D eigenvalue weighted by Crippen LogP contribution is 2.15. The summed E-state index contributed by atoms with van der Waals surface area (Å²) >= 11 is 0. The number of methoxy groups -OCH3 is 1. The van der Waals surface area contributed by atoms with Gasteiger partial charge >= 0.3 is 0 Å². The molecule has 0 bridgehead atoms. The van der Waals surface area contributed by atoms with Crippen LogP contribution in [-0.4, -0.2) is 29.9 Å². The predicted molar refractivity (Wildman–Crippen MR) is 93.5 cm³/mol. The molecule has 0 spiro atoms. The molecule has 0 radical (unpaired) electrons. The van der Waals surface area contributed by atoms with Gasteiger partial charge in [0, 0.05) is 12.1 Å². The maximum absolute atomic E-state index is 9.73. The van der Waals surface area contributed by atoms with Crippen LogP contribution >= 0.6 is 0 Å². The number of aliphatic hydroxyl groups is 1. The van der Waals surface area contributed by atoms with Crippen LogP contribution in [0.2, 0.25) is 0 Å². The van der Waals surface area contributed by atoms with Gasteiger partial charge in [0.2, 0.25) is 0 Å². The normalized spacial score (nSPS) is 14.6. The molecule has 0 amide bonds. The van der Waals surface area contributed by atoms with Crippen LogP contribution in [0.3, 0.4) is 0 Å². The van der Waals surface area contributed by atoms with E-state index in [9.17, 15) is 5.11 Å². The molecule has 0 saturated heterocycles. The Morgan fingerprint density at radius 1 is 1.09 bits per heavy atom. The minimum Gasteiger partial charge on any atom is -0.497 e. The van der Waals surface area contributed by atoms with E-state index < -0.39 is 5.60 Å². The summed E-state index contributed by atoms with van der Waals surface area (Å²) in [6.07, 6.45) is 5.23. The lowest BCUT2D eigenvalue weighted by atomic mass is 9.99. The summed E-state index contributed by atoms with van der Waals surface area (Å²) in [7, 11) is 1.69. The second-order valence-electron chi connectivity index (χ2n) is 7.06. The van der Waals surface area contributed by atoms with Crippen molar-refractivity contribution in [2.45, 2.75) is 77.5 Å². The maximum Gasteiger partial charge on any atom is 0.118 e. The molecular weight excluding hydrogens is 274 g/mol. The summed E-state index contributed by atoms with van der Waals surface area (Å²) in [5, 5.41) is 13.4. The van der Waals surface area contributed by atoms with E-state index in [4.69, 9.17) is 4.74 Å². The zero-order valence-corrected chi connectivity index (χ0v) is 14.9. The molecule has 1 rings (SSSR count). The van der Waals surface area contributed by atoms with Crippen LogP contribution in [0.5, 0.6) is 5.75 Å². The van der Waals surface area contributed by atoms with Gasteiger partial charge in [-0.3, -0.25) is 0 Å². The molecule has 2 atom stereocenters. The number of hydrogen-bond acceptors (Lipinski definition) is 3. The maximum atomic E-state index is 9.73. The average molecular weight is 307 g/mol. The molecule has 0 aliphatic heterocycles. The van der Waals surface area contributed by atoms with Crippen molar-refractivity contribution < 1.29 is 9.84 Å². The van der Waals surface area contributed by atoms with Crippen molar-refractivity contribution >= 4 is 0 Å². The van der Waals surface area contributed by atoms with E-state index in [0.29, 0.717) is 12.1 Å². The quantitative estimate of drug-likeness (QED) is 0.688. The molecule has 0 fully saturated rings. The lowest BCUT2D eigenvalue weighted by Crippen LogP contribution is -2.35. The number of benzene rings is 1. The molecule has 2 N–H and O–H groups in total. The zero-order chi connectivity index (χ0) is 16.6. The SMILES string of the molecule is COc1ccc(CCC(C)NC(C)CCCC(C)(C)O)cc1. The third-order valence-corrected chi connectivity index (χ3v) is 4.02. The summed E-state index contributed by atoms with van der Waals surface area (Å²) in [6, 6.07) is 9.31. The first-order valence-corrected chi connectivity index (χ1v) is 8.41. The molecule has 126 valence electrons. The Bertz CT molecular complexity index is 408. The summed E-state index contributed by atoms with van der Waals surface area (Å²) in [5.74, 6) is 0.912. The largest absolute Gasteiger partial charge is 0.497 e. The lowest BCUT2D eigenvalue weighted by Gasteiger charge is -2.22. The second-order valence-corrected chi connectivity index (χ2v) is 7.06. The number of ether oxygens (including phenoxy) is 1. The van der Waals surface area contributed by atoms with Gasteiger partial charge in [-0.15, -0.1) is 0 Å². The van der Waals surface area contributed by atoms with Gasteiger partial charge in [0.1, 0.15) is 5.75 Å². The van der Waals surface area contributed by atoms with Gasteiger partial charge in [0.25, 0.3) is 0 Å². The van der Waals surface area contributed by atoms with E-state index in [1.807, 2.05) is 26.0 Å². The van der Waals surface area contributed by atoms with E-state index in [1.165, 1.54) is 5.56 Å². The average Bonchev–Trinajstić information content (AvgIpc) is 2.44. The predicted octanol–water partition coefficient (Wildman–Crippen LogP) is 3.94. The summed E-state index contributed by atoms with van der Waals surface area (Å²) < 4.78 is 5.18. The van der Waals surface area contributed by atoms with Crippen LogP contribution < -0.4 is 10.1 Å². The fourth-order valence-electron chi connectivity index (χ4n) is 2.67. The molecule has 2 unspecified atom stereocenters. The Morgan fingerprint density at radius 3 is 2.23 bits per heavy atom. The van der Waals surface area contributed by atoms with E-state index in [0.717, 1.165) is 37.9 Å². The minimum absolute atomic E-state index is 0.494. The van der Waals surface area contributed by atoms with Crippen LogP contribution in [0.25, 0.3) is 0 Å². The van der Waals surface area contributed by atoms with Crippen molar-refractivity contribution in [2.24, 2.45) is 0 Å². The molecule has 1 aromatic rings. The first kappa shape index (κ1) is 19.0. The van der Waals surface area contributed by atoms with Crippen LogP contribution in [0.15, 0.2) is 24.3 Å². The van der Waals surface area contributed by atoms with Crippen molar-refractivity contribution in [3.63, 3.8) is 0 Å². The highest BCUT2D eigenvalue weighted by Gasteiger charge is 2.13. The number of hydrogen-bond donors (Lipinski definition) is 2. The Hall–Kier alpha value is -1.06. The third kappa shape index (κ3) is 8.40. The van der Waals surface area contributed by atoms with Gasteiger partial charge in [-0.25, -0.2) is 0 Å². The number of rotatable bonds is 10. The first-order chi connectivity index (χ1) is 10.3. The molecule has 0 heterocycles. The van der Waals surface area contributed by atoms with Gasteiger partial charge < -0.3 is 15.2 Å². The van der Waals surface area contributed by atoms with Gasteiger partial charge in [-0.05, 0) is 77.5 Å². The van der Waals surface area contributed by atoms with Gasteiger partial charge in [0.15, 0.2) is 0 Å². The molecule has 0 aromatic heterocycles. The second kappa shape index (κ2) is 9.16. The Balaban J connectivity index is 2.22. The van der Waals surface area contributed by atoms with Gasteiger partial charge in [0.05, 0.1) is 12.7 Å².